The van der Waals surface area contributed by atoms with Crippen molar-refractivity contribution in [1.82, 2.24) is 0 Å². The zero-order chi connectivity index (χ0) is 14.7. The Bertz CT molecular complexity index is 524. The summed E-state index contributed by atoms with van der Waals surface area (Å²) in [4.78, 5) is 21.9. The Hall–Kier alpha value is -1.95. The van der Waals surface area contributed by atoms with Gasteiger partial charge in [0.15, 0.2) is 5.78 Å². The summed E-state index contributed by atoms with van der Waals surface area (Å²) in [6, 6.07) is 4.48. The van der Waals surface area contributed by atoms with E-state index in [1.54, 1.807) is 12.1 Å². The third-order valence-electron chi connectivity index (χ3n) is 3.51. The second-order valence-electron chi connectivity index (χ2n) is 5.03. The second-order valence-corrected chi connectivity index (χ2v) is 5.03. The molecule has 1 N–H and O–H groups in total. The van der Waals surface area contributed by atoms with Crippen LogP contribution in [-0.4, -0.2) is 29.5 Å². The number of ether oxygens (including phenoxy) is 1. The quantitative estimate of drug-likeness (QED) is 0.509. The maximum atomic E-state index is 11.3. The number of ketones is 1. The molecule has 1 aliphatic rings. The molecule has 6 nitrogen and oxygen atoms in total. The van der Waals surface area contributed by atoms with Crippen molar-refractivity contribution in [3.63, 3.8) is 0 Å². The van der Waals surface area contributed by atoms with Crippen molar-refractivity contribution in [2.24, 2.45) is 0 Å². The lowest BCUT2D eigenvalue weighted by Crippen LogP contribution is -2.30. The van der Waals surface area contributed by atoms with Gasteiger partial charge in [0.2, 0.25) is 0 Å². The van der Waals surface area contributed by atoms with Gasteiger partial charge in [-0.1, -0.05) is 0 Å². The summed E-state index contributed by atoms with van der Waals surface area (Å²) in [5.74, 6) is -0.188. The van der Waals surface area contributed by atoms with Gasteiger partial charge in [-0.15, -0.1) is 0 Å². The average Bonchev–Trinajstić information content (AvgIpc) is 2.92. The number of nitrogens with zero attached hydrogens (tertiary/aromatic N) is 1. The molecule has 0 amide bonds. The lowest BCUT2D eigenvalue weighted by molar-refractivity contribution is -0.384. The van der Waals surface area contributed by atoms with Crippen molar-refractivity contribution in [1.29, 1.82) is 0 Å². The number of hydrogen-bond donors (Lipinski definition) is 1. The molecule has 20 heavy (non-hydrogen) atoms. The van der Waals surface area contributed by atoms with Gasteiger partial charge in [0.1, 0.15) is 5.69 Å². The van der Waals surface area contributed by atoms with Gasteiger partial charge in [0.25, 0.3) is 5.69 Å². The third kappa shape index (κ3) is 3.14. The predicted octanol–water partition coefficient (Wildman–Crippen LogP) is 2.78. The van der Waals surface area contributed by atoms with E-state index < -0.39 is 4.92 Å². The van der Waals surface area contributed by atoms with Crippen LogP contribution in [0.25, 0.3) is 0 Å². The molecule has 1 saturated heterocycles. The molecule has 1 fully saturated rings. The number of carbonyl (C=O) groups excluding carboxylic acids is 1. The Kier molecular flexibility index (Phi) is 4.34. The molecule has 0 spiro atoms. The second kappa shape index (κ2) is 6.00. The van der Waals surface area contributed by atoms with Gasteiger partial charge in [-0.2, -0.15) is 0 Å². The van der Waals surface area contributed by atoms with Crippen LogP contribution in [0, 0.1) is 10.1 Å². The highest BCUT2D eigenvalue weighted by Gasteiger charge is 2.25. The van der Waals surface area contributed by atoms with E-state index in [1.165, 1.54) is 13.0 Å². The monoisotopic (exact) mass is 278 g/mol. The molecule has 1 aliphatic heterocycles. The Balaban J connectivity index is 2.21. The molecule has 0 saturated carbocycles. The molecule has 0 radical (unpaired) electrons. The summed E-state index contributed by atoms with van der Waals surface area (Å²) in [5, 5.41) is 14.2. The summed E-state index contributed by atoms with van der Waals surface area (Å²) in [6.45, 7) is 4.07. The Morgan fingerprint density at radius 3 is 2.85 bits per heavy atom. The number of nitrogens with one attached hydrogen (secondary N) is 1. The summed E-state index contributed by atoms with van der Waals surface area (Å²) in [7, 11) is 0. The molecular weight excluding hydrogens is 260 g/mol. The van der Waals surface area contributed by atoms with Crippen LogP contribution in [-0.2, 0) is 4.74 Å². The van der Waals surface area contributed by atoms with Gasteiger partial charge in [0.05, 0.1) is 11.0 Å². The molecule has 108 valence electrons. The molecular formula is C14H18N2O4. The number of anilines is 1. The molecule has 2 rings (SSSR count). The Morgan fingerprint density at radius 1 is 1.55 bits per heavy atom. The van der Waals surface area contributed by atoms with Gasteiger partial charge in [-0.25, -0.2) is 0 Å². The summed E-state index contributed by atoms with van der Waals surface area (Å²) < 4.78 is 5.56. The minimum absolute atomic E-state index is 0.0145. The van der Waals surface area contributed by atoms with Crippen LogP contribution < -0.4 is 5.32 Å². The first-order chi connectivity index (χ1) is 9.49. The van der Waals surface area contributed by atoms with E-state index in [0.717, 1.165) is 19.4 Å². The first kappa shape index (κ1) is 14.5. The molecule has 1 aromatic carbocycles. The standard InChI is InChI=1S/C14H18N2O4/c1-9(14-4-3-7-20-14)15-12-6-5-11(10(2)17)8-13(12)16(18)19/h5-6,8-9,14-15H,3-4,7H2,1-2H3/t9-,14-/m1/s1. The van der Waals surface area contributed by atoms with Crippen LogP contribution in [0.15, 0.2) is 18.2 Å². The van der Waals surface area contributed by atoms with Crippen LogP contribution in [0.2, 0.25) is 0 Å². The van der Waals surface area contributed by atoms with Gasteiger partial charge in [0, 0.05) is 24.3 Å². The number of Topliss-reactive ketones (excluding diaryl/α,β-unsaturated/α-hetero) is 1. The van der Waals surface area contributed by atoms with Crippen LogP contribution >= 0.6 is 0 Å². The highest BCUT2D eigenvalue weighted by Crippen LogP contribution is 2.28. The van der Waals surface area contributed by atoms with E-state index in [9.17, 15) is 14.9 Å². The SMILES string of the molecule is CC(=O)c1ccc(N[C@H](C)[C@H]2CCCO2)c([N+](=O)[O-])c1. The number of carbonyl (C=O) groups is 1. The maximum absolute atomic E-state index is 11.3. The molecule has 0 aliphatic carbocycles. The summed E-state index contributed by atoms with van der Waals surface area (Å²) in [6.07, 6.45) is 2.04. The van der Waals surface area contributed by atoms with Crippen molar-refractivity contribution in [2.45, 2.75) is 38.8 Å². The first-order valence-electron chi connectivity index (χ1n) is 6.66. The minimum Gasteiger partial charge on any atom is -0.376 e. The van der Waals surface area contributed by atoms with Crippen molar-refractivity contribution >= 4 is 17.2 Å². The van der Waals surface area contributed by atoms with Gasteiger partial charge in [-0.3, -0.25) is 14.9 Å². The van der Waals surface area contributed by atoms with E-state index in [1.807, 2.05) is 6.92 Å². The highest BCUT2D eigenvalue weighted by molar-refractivity contribution is 5.95. The Labute approximate surface area is 117 Å². The molecule has 6 heteroatoms. The molecule has 0 bridgehead atoms. The molecule has 1 aromatic rings. The van der Waals surface area contributed by atoms with E-state index in [0.29, 0.717) is 11.3 Å². The van der Waals surface area contributed by atoms with Crippen molar-refractivity contribution in [3.05, 3.63) is 33.9 Å². The minimum atomic E-state index is -0.475. The molecule has 1 heterocycles. The normalized spacial score (nSPS) is 19.6. The summed E-state index contributed by atoms with van der Waals surface area (Å²) in [5.41, 5.74) is 0.678. The van der Waals surface area contributed by atoms with Gasteiger partial charge in [-0.05, 0) is 38.8 Å². The number of rotatable bonds is 5. The van der Waals surface area contributed by atoms with E-state index in [-0.39, 0.29) is 23.6 Å². The zero-order valence-corrected chi connectivity index (χ0v) is 11.6. The predicted molar refractivity (Wildman–Crippen MR) is 75.2 cm³/mol. The van der Waals surface area contributed by atoms with Crippen LogP contribution in [0.4, 0.5) is 11.4 Å². The Morgan fingerprint density at radius 2 is 2.30 bits per heavy atom. The largest absolute Gasteiger partial charge is 0.376 e. The number of nitro groups is 1. The highest BCUT2D eigenvalue weighted by atomic mass is 16.6. The average molecular weight is 278 g/mol. The fraction of sp³-hybridized carbons (Fsp3) is 0.500. The van der Waals surface area contributed by atoms with Gasteiger partial charge < -0.3 is 10.1 Å². The number of nitro benzene ring substituents is 1. The van der Waals surface area contributed by atoms with Crippen LogP contribution in [0.5, 0.6) is 0 Å². The lowest BCUT2D eigenvalue weighted by Gasteiger charge is -2.21. The third-order valence-corrected chi connectivity index (χ3v) is 3.51. The molecule has 0 aromatic heterocycles. The summed E-state index contributed by atoms with van der Waals surface area (Å²) >= 11 is 0. The van der Waals surface area contributed by atoms with Crippen molar-refractivity contribution in [3.8, 4) is 0 Å². The van der Waals surface area contributed by atoms with Crippen molar-refractivity contribution < 1.29 is 14.5 Å². The van der Waals surface area contributed by atoms with Crippen LogP contribution in [0.1, 0.15) is 37.0 Å². The number of benzene rings is 1. The van der Waals surface area contributed by atoms with E-state index >= 15 is 0 Å². The van der Waals surface area contributed by atoms with Gasteiger partial charge >= 0.3 is 0 Å². The maximum Gasteiger partial charge on any atom is 0.293 e. The fourth-order valence-electron chi connectivity index (χ4n) is 2.36. The van der Waals surface area contributed by atoms with Crippen LogP contribution in [0.3, 0.4) is 0 Å². The number of hydrogen-bond acceptors (Lipinski definition) is 5. The van der Waals surface area contributed by atoms with E-state index in [4.69, 9.17) is 4.74 Å². The first-order valence-corrected chi connectivity index (χ1v) is 6.66. The fourth-order valence-corrected chi connectivity index (χ4v) is 2.36. The van der Waals surface area contributed by atoms with Crippen molar-refractivity contribution in [2.75, 3.05) is 11.9 Å². The molecule has 0 unspecified atom stereocenters. The van der Waals surface area contributed by atoms with E-state index in [2.05, 4.69) is 5.32 Å². The molecule has 2 atom stereocenters. The lowest BCUT2D eigenvalue weighted by atomic mass is 10.1. The smallest absolute Gasteiger partial charge is 0.293 e. The zero-order valence-electron chi connectivity index (χ0n) is 11.6. The topological polar surface area (TPSA) is 81.5 Å².